The van der Waals surface area contributed by atoms with Crippen LogP contribution in [0.3, 0.4) is 0 Å². The molecule has 0 atom stereocenters. The maximum atomic E-state index is 12.3. The number of carbonyl (C=O) groups excluding carboxylic acids is 2. The number of halogens is 1. The summed E-state index contributed by atoms with van der Waals surface area (Å²) in [5.74, 6) is 1.26. The van der Waals surface area contributed by atoms with Crippen molar-refractivity contribution in [2.24, 2.45) is 0 Å². The van der Waals surface area contributed by atoms with Crippen LogP contribution in [0.2, 0.25) is 0 Å². The molecule has 0 unspecified atom stereocenters. The molecule has 22 heavy (non-hydrogen) atoms. The van der Waals surface area contributed by atoms with Gasteiger partial charge in [0.2, 0.25) is 5.78 Å². The molecule has 2 heterocycles. The Morgan fingerprint density at radius 3 is 2.77 bits per heavy atom. The van der Waals surface area contributed by atoms with E-state index in [0.717, 1.165) is 5.56 Å². The van der Waals surface area contributed by atoms with E-state index in [1.165, 1.54) is 0 Å². The summed E-state index contributed by atoms with van der Waals surface area (Å²) < 4.78 is 1.80. The molecule has 3 rings (SSSR count). The predicted molar refractivity (Wildman–Crippen MR) is 75.8 cm³/mol. The topological polar surface area (TPSA) is 75.0 Å². The second kappa shape index (κ2) is 6.65. The molecular weight excluding hydrogens is 348 g/mol. The zero-order valence-corrected chi connectivity index (χ0v) is 13.6. The van der Waals surface area contributed by atoms with E-state index in [2.05, 4.69) is 15.6 Å². The van der Waals surface area contributed by atoms with Crippen LogP contribution < -0.4 is 32.2 Å². The van der Waals surface area contributed by atoms with Crippen LogP contribution in [-0.4, -0.2) is 16.8 Å². The maximum Gasteiger partial charge on any atom is 0.322 e. The molecule has 0 bridgehead atoms. The Balaban J connectivity index is 0.00000176. The lowest BCUT2D eigenvalue weighted by molar-refractivity contribution is -0.692. The largest absolute Gasteiger partial charge is 1.00 e. The quantitative estimate of drug-likeness (QED) is 0.499. The summed E-state index contributed by atoms with van der Waals surface area (Å²) in [6.07, 6.45) is 1.85. The Hall–Kier alpha value is -2.28. The average molecular weight is 363 g/mol. The van der Waals surface area contributed by atoms with Crippen LogP contribution in [-0.2, 0) is 13.1 Å². The number of hydrogen-bond acceptors (Lipinski definition) is 3. The number of ketones is 1. The summed E-state index contributed by atoms with van der Waals surface area (Å²) in [5, 5.41) is 5.34. The number of Topliss-reactive ketones (excluding diaryl/α,β-unsaturated/α-hetero) is 1. The van der Waals surface area contributed by atoms with Gasteiger partial charge in [0, 0.05) is 12.5 Å². The van der Waals surface area contributed by atoms with Gasteiger partial charge in [0.05, 0.1) is 12.1 Å². The number of fused-ring (bicyclic) bond motifs is 1. The fraction of sp³-hybridized carbons (Fsp3) is 0.200. The van der Waals surface area contributed by atoms with Crippen molar-refractivity contribution in [1.82, 2.24) is 10.3 Å². The third-order valence-electron chi connectivity index (χ3n) is 3.39. The van der Waals surface area contributed by atoms with E-state index in [4.69, 9.17) is 0 Å². The number of rotatable bonds is 3. The van der Waals surface area contributed by atoms with Crippen LogP contribution in [0.5, 0.6) is 0 Å². The van der Waals surface area contributed by atoms with Gasteiger partial charge in [0.1, 0.15) is 6.20 Å². The van der Waals surface area contributed by atoms with E-state index in [1.807, 2.05) is 31.3 Å². The number of benzene rings is 1. The van der Waals surface area contributed by atoms with Crippen molar-refractivity contribution in [3.05, 3.63) is 53.5 Å². The average Bonchev–Trinajstić information content (AvgIpc) is 2.49. The third-order valence-corrected chi connectivity index (χ3v) is 3.39. The summed E-state index contributed by atoms with van der Waals surface area (Å²) in [4.78, 5) is 27.9. The highest BCUT2D eigenvalue weighted by atomic mass is 79.9. The highest BCUT2D eigenvalue weighted by molar-refractivity contribution is 5.95. The molecule has 2 N–H and O–H groups in total. The number of aryl methyl sites for hydroxylation is 1. The van der Waals surface area contributed by atoms with Gasteiger partial charge in [-0.2, -0.15) is 0 Å². The van der Waals surface area contributed by atoms with Crippen molar-refractivity contribution in [3.63, 3.8) is 0 Å². The predicted octanol–water partition coefficient (Wildman–Crippen LogP) is -1.80. The Bertz CT molecular complexity index is 719. The smallest absolute Gasteiger partial charge is 0.322 e. The minimum absolute atomic E-state index is 0. The van der Waals surface area contributed by atoms with Crippen LogP contribution in [0.4, 0.5) is 10.6 Å². The number of hydrogen-bond donors (Lipinski definition) is 2. The minimum atomic E-state index is -0.257. The molecule has 0 radical (unpaired) electrons. The number of anilines is 1. The summed E-state index contributed by atoms with van der Waals surface area (Å²) in [6.45, 7) is 2.45. The van der Waals surface area contributed by atoms with Crippen molar-refractivity contribution in [3.8, 4) is 0 Å². The minimum Gasteiger partial charge on any atom is -1.00 e. The SMILES string of the molecule is Cc1nc2c(c[n+]1CC(=O)c1ccccc1)CNC(=O)N2.[Br-]. The molecule has 0 saturated carbocycles. The first-order chi connectivity index (χ1) is 10.1. The number of nitrogens with one attached hydrogen (secondary N) is 2. The van der Waals surface area contributed by atoms with Crippen LogP contribution >= 0.6 is 0 Å². The number of nitrogens with zero attached hydrogens (tertiary/aromatic N) is 2. The Morgan fingerprint density at radius 2 is 2.05 bits per heavy atom. The van der Waals surface area contributed by atoms with Crippen molar-refractivity contribution in [2.75, 3.05) is 5.32 Å². The van der Waals surface area contributed by atoms with E-state index >= 15 is 0 Å². The summed E-state index contributed by atoms with van der Waals surface area (Å²) in [7, 11) is 0. The fourth-order valence-corrected chi connectivity index (χ4v) is 2.24. The van der Waals surface area contributed by atoms with Crippen LogP contribution in [0.25, 0.3) is 0 Å². The molecule has 6 nitrogen and oxygen atoms in total. The molecule has 1 aliphatic rings. The molecular formula is C15H15BrN4O2. The molecule has 0 saturated heterocycles. The Labute approximate surface area is 138 Å². The van der Waals surface area contributed by atoms with Gasteiger partial charge in [-0.05, 0) is 4.98 Å². The van der Waals surface area contributed by atoms with Crippen LogP contribution in [0, 0.1) is 6.92 Å². The molecule has 114 valence electrons. The van der Waals surface area contributed by atoms with Gasteiger partial charge in [0.15, 0.2) is 6.54 Å². The number of urea groups is 1. The van der Waals surface area contributed by atoms with Gasteiger partial charge in [-0.25, -0.2) is 9.36 Å². The first-order valence-corrected chi connectivity index (χ1v) is 6.66. The Morgan fingerprint density at radius 1 is 1.32 bits per heavy atom. The van der Waals surface area contributed by atoms with E-state index in [9.17, 15) is 9.59 Å². The van der Waals surface area contributed by atoms with Gasteiger partial charge in [0.25, 0.3) is 11.6 Å². The maximum absolute atomic E-state index is 12.3. The first kappa shape index (κ1) is 16.1. The zero-order chi connectivity index (χ0) is 14.8. The van der Waals surface area contributed by atoms with E-state index in [0.29, 0.717) is 23.8 Å². The Kier molecular flexibility index (Phi) is 4.87. The zero-order valence-electron chi connectivity index (χ0n) is 12.0. The van der Waals surface area contributed by atoms with E-state index < -0.39 is 0 Å². The molecule has 7 heteroatoms. The van der Waals surface area contributed by atoms with Crippen LogP contribution in [0.15, 0.2) is 36.5 Å². The molecule has 2 aromatic rings. The highest BCUT2D eigenvalue weighted by Crippen LogP contribution is 2.14. The molecule has 0 fully saturated rings. The fourth-order valence-electron chi connectivity index (χ4n) is 2.24. The number of aromatic nitrogens is 2. The van der Waals surface area contributed by atoms with Crippen molar-refractivity contribution >= 4 is 17.6 Å². The highest BCUT2D eigenvalue weighted by Gasteiger charge is 2.24. The van der Waals surface area contributed by atoms with Gasteiger partial charge < -0.3 is 22.3 Å². The van der Waals surface area contributed by atoms with E-state index in [1.54, 1.807) is 16.7 Å². The van der Waals surface area contributed by atoms with Crippen molar-refractivity contribution in [1.29, 1.82) is 0 Å². The lowest BCUT2D eigenvalue weighted by Gasteiger charge is -2.14. The molecule has 0 spiro atoms. The normalized spacial score (nSPS) is 12.5. The molecule has 1 aromatic heterocycles. The van der Waals surface area contributed by atoms with Gasteiger partial charge in [-0.3, -0.25) is 10.1 Å². The molecule has 2 amide bonds. The van der Waals surface area contributed by atoms with E-state index in [-0.39, 0.29) is 35.3 Å². The number of carbonyl (C=O) groups is 2. The number of amides is 2. The van der Waals surface area contributed by atoms with Gasteiger partial charge in [-0.15, -0.1) is 0 Å². The molecule has 1 aliphatic heterocycles. The lowest BCUT2D eigenvalue weighted by Crippen LogP contribution is -3.00. The second-order valence-electron chi connectivity index (χ2n) is 4.89. The first-order valence-electron chi connectivity index (χ1n) is 6.66. The standard InChI is InChI=1S/C15H14N4O2.BrH/c1-10-17-14-12(7-16-15(21)18-14)8-19(10)9-13(20)11-5-3-2-4-6-11;/h2-6,8H,7,9H2,1H3,(H,16,21);1H. The summed E-state index contributed by atoms with van der Waals surface area (Å²) in [5.41, 5.74) is 1.54. The lowest BCUT2D eigenvalue weighted by atomic mass is 10.1. The monoisotopic (exact) mass is 362 g/mol. The van der Waals surface area contributed by atoms with Gasteiger partial charge >= 0.3 is 6.03 Å². The van der Waals surface area contributed by atoms with Crippen molar-refractivity contribution < 1.29 is 31.1 Å². The summed E-state index contributed by atoms with van der Waals surface area (Å²) in [6, 6.07) is 8.90. The summed E-state index contributed by atoms with van der Waals surface area (Å²) >= 11 is 0. The molecule has 1 aromatic carbocycles. The van der Waals surface area contributed by atoms with Gasteiger partial charge in [-0.1, -0.05) is 30.3 Å². The second-order valence-corrected chi connectivity index (χ2v) is 4.89. The molecule has 0 aliphatic carbocycles. The van der Waals surface area contributed by atoms with Crippen molar-refractivity contribution in [2.45, 2.75) is 20.0 Å². The third kappa shape index (κ3) is 3.30. The van der Waals surface area contributed by atoms with Crippen LogP contribution in [0.1, 0.15) is 21.7 Å².